The lowest BCUT2D eigenvalue weighted by molar-refractivity contribution is 0.0951. The highest BCUT2D eigenvalue weighted by Crippen LogP contribution is 2.07. The Bertz CT molecular complexity index is 554. The third-order valence-corrected chi connectivity index (χ3v) is 3.17. The number of rotatable bonds is 3. The Kier molecular flexibility index (Phi) is 4.30. The molecule has 2 aromatic carbocycles. The molecule has 0 aromatic heterocycles. The van der Waals surface area contributed by atoms with E-state index in [-0.39, 0.29) is 11.7 Å². The summed E-state index contributed by atoms with van der Waals surface area (Å²) in [5.74, 6) is -0.452. The van der Waals surface area contributed by atoms with Crippen molar-refractivity contribution < 1.29 is 9.18 Å². The standard InChI is InChI=1S/C14H11FINO/c15-12-3-1-2-10(8-12)9-17-14(18)11-4-6-13(16)7-5-11/h1-8H,9H2,(H,17,18). The highest BCUT2D eigenvalue weighted by atomic mass is 127. The van der Waals surface area contributed by atoms with E-state index in [2.05, 4.69) is 27.9 Å². The summed E-state index contributed by atoms with van der Waals surface area (Å²) in [6.45, 7) is 0.322. The smallest absolute Gasteiger partial charge is 0.251 e. The molecule has 0 bridgehead atoms. The molecular weight excluding hydrogens is 344 g/mol. The molecule has 18 heavy (non-hydrogen) atoms. The van der Waals surface area contributed by atoms with Gasteiger partial charge in [0.25, 0.3) is 5.91 Å². The maximum absolute atomic E-state index is 12.9. The van der Waals surface area contributed by atoms with E-state index in [1.54, 1.807) is 24.3 Å². The monoisotopic (exact) mass is 355 g/mol. The fraction of sp³-hybridized carbons (Fsp3) is 0.0714. The van der Waals surface area contributed by atoms with Crippen molar-refractivity contribution in [2.45, 2.75) is 6.54 Å². The molecule has 0 saturated carbocycles. The Balaban J connectivity index is 1.98. The first-order chi connectivity index (χ1) is 8.65. The summed E-state index contributed by atoms with van der Waals surface area (Å²) in [7, 11) is 0. The average molecular weight is 355 g/mol. The zero-order chi connectivity index (χ0) is 13.0. The first-order valence-corrected chi connectivity index (χ1v) is 6.51. The number of carbonyl (C=O) groups excluding carboxylic acids is 1. The Hall–Kier alpha value is -1.43. The number of amides is 1. The second kappa shape index (κ2) is 5.95. The number of benzene rings is 2. The van der Waals surface area contributed by atoms with Crippen molar-refractivity contribution in [2.75, 3.05) is 0 Å². The maximum atomic E-state index is 12.9. The van der Waals surface area contributed by atoms with E-state index in [1.807, 2.05) is 12.1 Å². The van der Waals surface area contributed by atoms with Crippen LogP contribution in [0, 0.1) is 9.39 Å². The predicted molar refractivity (Wildman–Crippen MR) is 76.7 cm³/mol. The lowest BCUT2D eigenvalue weighted by Gasteiger charge is -2.05. The van der Waals surface area contributed by atoms with Crippen LogP contribution in [0.1, 0.15) is 15.9 Å². The number of hydrogen-bond donors (Lipinski definition) is 1. The minimum Gasteiger partial charge on any atom is -0.348 e. The van der Waals surface area contributed by atoms with Crippen LogP contribution in [-0.2, 0) is 6.54 Å². The van der Waals surface area contributed by atoms with Crippen molar-refractivity contribution in [1.29, 1.82) is 0 Å². The first kappa shape index (κ1) is 13.0. The molecular formula is C14H11FINO. The molecule has 0 unspecified atom stereocenters. The number of halogens is 2. The fourth-order valence-corrected chi connectivity index (χ4v) is 1.89. The van der Waals surface area contributed by atoms with Crippen molar-refractivity contribution in [2.24, 2.45) is 0 Å². The zero-order valence-electron chi connectivity index (χ0n) is 9.49. The molecule has 2 aromatic rings. The van der Waals surface area contributed by atoms with Gasteiger partial charge in [-0.05, 0) is 64.6 Å². The van der Waals surface area contributed by atoms with Crippen LogP contribution in [0.15, 0.2) is 48.5 Å². The van der Waals surface area contributed by atoms with Gasteiger partial charge in [0.15, 0.2) is 0 Å². The molecule has 1 amide bonds. The molecule has 0 radical (unpaired) electrons. The molecule has 0 fully saturated rings. The summed E-state index contributed by atoms with van der Waals surface area (Å²) in [6.07, 6.45) is 0. The molecule has 0 atom stereocenters. The molecule has 0 aliphatic rings. The molecule has 2 nitrogen and oxygen atoms in total. The molecule has 92 valence electrons. The quantitative estimate of drug-likeness (QED) is 0.841. The zero-order valence-corrected chi connectivity index (χ0v) is 11.6. The van der Waals surface area contributed by atoms with Gasteiger partial charge in [-0.25, -0.2) is 4.39 Å². The van der Waals surface area contributed by atoms with Crippen LogP contribution in [0.2, 0.25) is 0 Å². The first-order valence-electron chi connectivity index (χ1n) is 5.43. The molecule has 0 heterocycles. The van der Waals surface area contributed by atoms with Gasteiger partial charge in [-0.3, -0.25) is 4.79 Å². The fourth-order valence-electron chi connectivity index (χ4n) is 1.53. The van der Waals surface area contributed by atoms with E-state index < -0.39 is 0 Å². The van der Waals surface area contributed by atoms with Gasteiger partial charge in [0, 0.05) is 15.7 Å². The highest BCUT2D eigenvalue weighted by Gasteiger charge is 2.04. The van der Waals surface area contributed by atoms with E-state index >= 15 is 0 Å². The summed E-state index contributed by atoms with van der Waals surface area (Å²) in [5.41, 5.74) is 1.35. The van der Waals surface area contributed by atoms with E-state index in [1.165, 1.54) is 12.1 Å². The van der Waals surface area contributed by atoms with Crippen LogP contribution in [0.4, 0.5) is 4.39 Å². The van der Waals surface area contributed by atoms with Crippen molar-refractivity contribution in [3.8, 4) is 0 Å². The van der Waals surface area contributed by atoms with Gasteiger partial charge in [-0.15, -0.1) is 0 Å². The van der Waals surface area contributed by atoms with E-state index in [0.29, 0.717) is 12.1 Å². The second-order valence-electron chi connectivity index (χ2n) is 3.82. The maximum Gasteiger partial charge on any atom is 0.251 e. The number of nitrogens with one attached hydrogen (secondary N) is 1. The summed E-state index contributed by atoms with van der Waals surface area (Å²) >= 11 is 2.18. The van der Waals surface area contributed by atoms with Gasteiger partial charge < -0.3 is 5.32 Å². The molecule has 0 saturated heterocycles. The molecule has 4 heteroatoms. The van der Waals surface area contributed by atoms with Crippen LogP contribution in [-0.4, -0.2) is 5.91 Å². The molecule has 0 aliphatic heterocycles. The van der Waals surface area contributed by atoms with Gasteiger partial charge in [0.05, 0.1) is 0 Å². The summed E-state index contributed by atoms with van der Waals surface area (Å²) in [6, 6.07) is 13.5. The van der Waals surface area contributed by atoms with Crippen LogP contribution in [0.25, 0.3) is 0 Å². The average Bonchev–Trinajstić information content (AvgIpc) is 2.37. The van der Waals surface area contributed by atoms with Gasteiger partial charge >= 0.3 is 0 Å². The topological polar surface area (TPSA) is 29.1 Å². The summed E-state index contributed by atoms with van der Waals surface area (Å²) in [5, 5.41) is 2.75. The largest absolute Gasteiger partial charge is 0.348 e. The van der Waals surface area contributed by atoms with Crippen molar-refractivity contribution >= 4 is 28.5 Å². The number of hydrogen-bond acceptors (Lipinski definition) is 1. The third-order valence-electron chi connectivity index (χ3n) is 2.45. The predicted octanol–water partition coefficient (Wildman–Crippen LogP) is 3.36. The number of carbonyl (C=O) groups is 1. The molecule has 0 spiro atoms. The lowest BCUT2D eigenvalue weighted by Crippen LogP contribution is -2.22. The SMILES string of the molecule is O=C(NCc1cccc(F)c1)c1ccc(I)cc1. The molecule has 1 N–H and O–H groups in total. The van der Waals surface area contributed by atoms with Gasteiger partial charge in [-0.2, -0.15) is 0 Å². The molecule has 0 aliphatic carbocycles. The summed E-state index contributed by atoms with van der Waals surface area (Å²) < 4.78 is 14.0. The lowest BCUT2D eigenvalue weighted by atomic mass is 10.2. The van der Waals surface area contributed by atoms with Crippen LogP contribution in [0.3, 0.4) is 0 Å². The van der Waals surface area contributed by atoms with E-state index in [9.17, 15) is 9.18 Å². The van der Waals surface area contributed by atoms with Crippen LogP contribution in [0.5, 0.6) is 0 Å². The normalized spacial score (nSPS) is 10.1. The Morgan fingerprint density at radius 1 is 1.17 bits per heavy atom. The van der Waals surface area contributed by atoms with E-state index in [4.69, 9.17) is 0 Å². The Morgan fingerprint density at radius 2 is 1.89 bits per heavy atom. The molecule has 2 rings (SSSR count). The van der Waals surface area contributed by atoms with Gasteiger partial charge in [0.2, 0.25) is 0 Å². The van der Waals surface area contributed by atoms with Crippen molar-refractivity contribution in [3.63, 3.8) is 0 Å². The van der Waals surface area contributed by atoms with Crippen molar-refractivity contribution in [3.05, 3.63) is 69.0 Å². The van der Waals surface area contributed by atoms with E-state index in [0.717, 1.165) is 9.13 Å². The minimum absolute atomic E-state index is 0.157. The minimum atomic E-state index is -0.295. The van der Waals surface area contributed by atoms with Crippen molar-refractivity contribution in [1.82, 2.24) is 5.32 Å². The Morgan fingerprint density at radius 3 is 2.56 bits per heavy atom. The van der Waals surface area contributed by atoms with Crippen LogP contribution >= 0.6 is 22.6 Å². The second-order valence-corrected chi connectivity index (χ2v) is 5.07. The third kappa shape index (κ3) is 3.53. The Labute approximate surface area is 118 Å². The van der Waals surface area contributed by atoms with Crippen LogP contribution < -0.4 is 5.32 Å². The van der Waals surface area contributed by atoms with Gasteiger partial charge in [0.1, 0.15) is 5.82 Å². The summed E-state index contributed by atoms with van der Waals surface area (Å²) in [4.78, 5) is 11.8. The highest BCUT2D eigenvalue weighted by molar-refractivity contribution is 14.1. The van der Waals surface area contributed by atoms with Gasteiger partial charge in [-0.1, -0.05) is 12.1 Å².